The van der Waals surface area contributed by atoms with Crippen LogP contribution in [0.5, 0.6) is 0 Å². The SMILES string of the molecule is CCCCCCCCCCC(C(=O)O)(C(=O)O)C(C)(C)C.[NaH]. The van der Waals surface area contributed by atoms with Gasteiger partial charge in [-0.2, -0.15) is 0 Å². The number of rotatable bonds is 11. The van der Waals surface area contributed by atoms with Crippen LogP contribution in [0.1, 0.15) is 85.5 Å². The zero-order valence-electron chi connectivity index (χ0n) is 14.1. The molecule has 0 heterocycles. The molecular formula is C17H33NaO4. The molecule has 0 aliphatic rings. The molecule has 0 aromatic rings. The standard InChI is InChI=1S/C17H32O4.Na.H/c1-5-6-7-8-9-10-11-12-13-17(14(18)19,15(20)21)16(2,3)4;;/h5-13H2,1-4H3,(H,18,19)(H,20,21);;. The van der Waals surface area contributed by atoms with Crippen LogP contribution >= 0.6 is 0 Å². The van der Waals surface area contributed by atoms with Gasteiger partial charge >= 0.3 is 41.5 Å². The molecule has 4 nitrogen and oxygen atoms in total. The van der Waals surface area contributed by atoms with Crippen LogP contribution in [-0.4, -0.2) is 51.7 Å². The van der Waals surface area contributed by atoms with E-state index in [9.17, 15) is 19.8 Å². The Kier molecular flexibility index (Phi) is 12.6. The summed E-state index contributed by atoms with van der Waals surface area (Å²) in [6.45, 7) is 7.27. The fraction of sp³-hybridized carbons (Fsp3) is 0.882. The van der Waals surface area contributed by atoms with E-state index in [1.165, 1.54) is 25.7 Å². The van der Waals surface area contributed by atoms with Crippen LogP contribution < -0.4 is 0 Å². The van der Waals surface area contributed by atoms with Crippen molar-refractivity contribution in [2.24, 2.45) is 10.8 Å². The number of carboxylic acid groups (broad SMARTS) is 2. The number of aliphatic carboxylic acids is 2. The van der Waals surface area contributed by atoms with Crippen LogP contribution in [0, 0.1) is 10.8 Å². The first kappa shape index (κ1) is 24.2. The van der Waals surface area contributed by atoms with E-state index in [1.807, 2.05) is 0 Å². The molecule has 0 aromatic carbocycles. The molecule has 0 unspecified atom stereocenters. The molecule has 126 valence electrons. The maximum atomic E-state index is 11.6. The Balaban J connectivity index is 0. The van der Waals surface area contributed by atoms with Crippen molar-refractivity contribution in [3.63, 3.8) is 0 Å². The monoisotopic (exact) mass is 324 g/mol. The van der Waals surface area contributed by atoms with Crippen molar-refractivity contribution < 1.29 is 19.8 Å². The summed E-state index contributed by atoms with van der Waals surface area (Å²) in [5.74, 6) is -2.43. The number of carboxylic acids is 2. The molecule has 22 heavy (non-hydrogen) atoms. The first-order chi connectivity index (χ1) is 9.70. The third-order valence-corrected chi connectivity index (χ3v) is 4.42. The first-order valence-corrected chi connectivity index (χ1v) is 8.17. The predicted octanol–water partition coefficient (Wildman–Crippen LogP) is 4.07. The minimum absolute atomic E-state index is 0. The zero-order chi connectivity index (χ0) is 16.5. The Morgan fingerprint density at radius 3 is 1.45 bits per heavy atom. The van der Waals surface area contributed by atoms with Gasteiger partial charge in [-0.05, 0) is 11.8 Å². The molecule has 0 radical (unpaired) electrons. The van der Waals surface area contributed by atoms with Gasteiger partial charge in [0.25, 0.3) is 0 Å². The van der Waals surface area contributed by atoms with Gasteiger partial charge in [0.2, 0.25) is 0 Å². The third kappa shape index (κ3) is 7.01. The van der Waals surface area contributed by atoms with E-state index in [2.05, 4.69) is 6.92 Å². The van der Waals surface area contributed by atoms with Crippen molar-refractivity contribution in [2.75, 3.05) is 0 Å². The Morgan fingerprint density at radius 2 is 1.14 bits per heavy atom. The van der Waals surface area contributed by atoms with Crippen molar-refractivity contribution in [3.05, 3.63) is 0 Å². The summed E-state index contributed by atoms with van der Waals surface area (Å²) in [5, 5.41) is 18.9. The average molecular weight is 324 g/mol. The number of hydrogen-bond donors (Lipinski definition) is 2. The second-order valence-corrected chi connectivity index (χ2v) is 6.99. The van der Waals surface area contributed by atoms with Gasteiger partial charge in [-0.25, -0.2) is 0 Å². The van der Waals surface area contributed by atoms with Crippen LogP contribution in [0.25, 0.3) is 0 Å². The molecule has 5 heteroatoms. The Labute approximate surface area is 157 Å². The minimum atomic E-state index is -1.69. The van der Waals surface area contributed by atoms with E-state index in [4.69, 9.17) is 0 Å². The van der Waals surface area contributed by atoms with Crippen LogP contribution in [-0.2, 0) is 9.59 Å². The van der Waals surface area contributed by atoms with Gasteiger partial charge in [0.1, 0.15) is 0 Å². The number of hydrogen-bond acceptors (Lipinski definition) is 2. The van der Waals surface area contributed by atoms with Crippen molar-refractivity contribution >= 4 is 41.5 Å². The van der Waals surface area contributed by atoms with Crippen molar-refractivity contribution in [2.45, 2.75) is 85.5 Å². The van der Waals surface area contributed by atoms with Crippen LogP contribution in [0.2, 0.25) is 0 Å². The van der Waals surface area contributed by atoms with E-state index >= 15 is 0 Å². The molecule has 0 amide bonds. The second kappa shape index (κ2) is 11.5. The van der Waals surface area contributed by atoms with E-state index in [1.54, 1.807) is 20.8 Å². The molecule has 0 saturated heterocycles. The van der Waals surface area contributed by atoms with Gasteiger partial charge < -0.3 is 10.2 Å². The summed E-state index contributed by atoms with van der Waals surface area (Å²) in [6.07, 6.45) is 8.95. The maximum absolute atomic E-state index is 11.6. The third-order valence-electron chi connectivity index (χ3n) is 4.42. The molecule has 0 aliphatic heterocycles. The molecule has 0 fully saturated rings. The predicted molar refractivity (Wildman–Crippen MR) is 91.5 cm³/mol. The van der Waals surface area contributed by atoms with Gasteiger partial charge in [0.15, 0.2) is 5.41 Å². The molecule has 0 bridgehead atoms. The summed E-state index contributed by atoms with van der Waals surface area (Å²) in [4.78, 5) is 23.1. The summed E-state index contributed by atoms with van der Waals surface area (Å²) >= 11 is 0. The van der Waals surface area contributed by atoms with Gasteiger partial charge in [-0.1, -0.05) is 79.1 Å². The van der Waals surface area contributed by atoms with Crippen molar-refractivity contribution in [1.29, 1.82) is 0 Å². The van der Waals surface area contributed by atoms with E-state index in [-0.39, 0.29) is 36.0 Å². The van der Waals surface area contributed by atoms with Gasteiger partial charge in [-0.3, -0.25) is 9.59 Å². The Morgan fingerprint density at radius 1 is 0.773 bits per heavy atom. The Bertz CT molecular complexity index is 320. The first-order valence-electron chi connectivity index (χ1n) is 8.17. The van der Waals surface area contributed by atoms with Crippen molar-refractivity contribution in [3.8, 4) is 0 Å². The molecule has 0 aliphatic carbocycles. The quantitative estimate of drug-likeness (QED) is 0.341. The fourth-order valence-corrected chi connectivity index (χ4v) is 2.85. The van der Waals surface area contributed by atoms with Gasteiger partial charge in [0, 0.05) is 0 Å². The molecular weight excluding hydrogens is 291 g/mol. The summed E-state index contributed by atoms with van der Waals surface area (Å²) in [7, 11) is 0. The van der Waals surface area contributed by atoms with Gasteiger partial charge in [0.05, 0.1) is 0 Å². The summed E-state index contributed by atoms with van der Waals surface area (Å²) < 4.78 is 0. The second-order valence-electron chi connectivity index (χ2n) is 6.99. The van der Waals surface area contributed by atoms with E-state index < -0.39 is 22.8 Å². The fourth-order valence-electron chi connectivity index (χ4n) is 2.85. The molecule has 0 atom stereocenters. The average Bonchev–Trinajstić information content (AvgIpc) is 2.34. The van der Waals surface area contributed by atoms with Crippen molar-refractivity contribution in [1.82, 2.24) is 0 Å². The van der Waals surface area contributed by atoms with E-state index in [0.29, 0.717) is 6.42 Å². The topological polar surface area (TPSA) is 74.6 Å². The molecule has 2 N–H and O–H groups in total. The Hall–Kier alpha value is -0.0600. The van der Waals surface area contributed by atoms with Crippen LogP contribution in [0.4, 0.5) is 0 Å². The molecule has 0 aromatic heterocycles. The number of carbonyl (C=O) groups is 2. The molecule has 0 rings (SSSR count). The van der Waals surface area contributed by atoms with Crippen LogP contribution in [0.3, 0.4) is 0 Å². The van der Waals surface area contributed by atoms with Crippen LogP contribution in [0.15, 0.2) is 0 Å². The summed E-state index contributed by atoms with van der Waals surface area (Å²) in [6, 6.07) is 0. The van der Waals surface area contributed by atoms with Gasteiger partial charge in [-0.15, -0.1) is 0 Å². The van der Waals surface area contributed by atoms with E-state index in [0.717, 1.165) is 19.3 Å². The number of unbranched alkanes of at least 4 members (excludes halogenated alkanes) is 7. The normalized spacial score (nSPS) is 11.8. The summed E-state index contributed by atoms with van der Waals surface area (Å²) in [5.41, 5.74) is -2.49. The zero-order valence-corrected chi connectivity index (χ0v) is 14.1. The molecule has 0 spiro atoms. The molecule has 0 saturated carbocycles.